The molecule has 0 unspecified atom stereocenters. The lowest BCUT2D eigenvalue weighted by Gasteiger charge is -2.60. The number of fused-ring (bicyclic) bond motifs is 5. The van der Waals surface area contributed by atoms with Gasteiger partial charge in [-0.15, -0.1) is 0 Å². The summed E-state index contributed by atoms with van der Waals surface area (Å²) in [4.78, 5) is 13.4. The average Bonchev–Trinajstić information content (AvgIpc) is 2.84. The molecule has 142 valence electrons. The molecule has 0 aromatic carbocycles. The van der Waals surface area contributed by atoms with Crippen LogP contribution in [0.4, 0.5) is 0 Å². The monoisotopic (exact) mass is 348 g/mol. The lowest BCUT2D eigenvalue weighted by Crippen LogP contribution is -2.58. The van der Waals surface area contributed by atoms with Crippen molar-refractivity contribution in [3.63, 3.8) is 0 Å². The van der Waals surface area contributed by atoms with Crippen molar-refractivity contribution in [2.24, 2.45) is 40.4 Å². The molecule has 0 heterocycles. The van der Waals surface area contributed by atoms with E-state index < -0.39 is 5.60 Å². The van der Waals surface area contributed by atoms with Gasteiger partial charge in [0.15, 0.2) is 0 Å². The molecule has 0 aliphatic heterocycles. The fourth-order valence-corrected chi connectivity index (χ4v) is 8.21. The minimum atomic E-state index is -0.702. The lowest BCUT2D eigenvalue weighted by atomic mass is 9.44. The highest BCUT2D eigenvalue weighted by atomic mass is 16.3. The number of aliphatic hydroxyl groups excluding tert-OH is 1. The van der Waals surface area contributed by atoms with Gasteiger partial charge in [0.1, 0.15) is 5.78 Å². The zero-order valence-electron chi connectivity index (χ0n) is 16.4. The number of carbonyl (C=O) groups excluding carboxylic acids is 1. The first-order valence-electron chi connectivity index (χ1n) is 10.5. The van der Waals surface area contributed by atoms with Crippen LogP contribution in [0.5, 0.6) is 0 Å². The second-order valence-corrected chi connectivity index (χ2v) is 10.9. The van der Waals surface area contributed by atoms with E-state index in [0.717, 1.165) is 32.1 Å². The smallest absolute Gasteiger partial charge is 0.137 e. The Hall–Kier alpha value is -0.410. The molecule has 0 aromatic heterocycles. The lowest BCUT2D eigenvalue weighted by molar-refractivity contribution is -0.166. The molecular weight excluding hydrogens is 312 g/mol. The van der Waals surface area contributed by atoms with Gasteiger partial charge in [0.25, 0.3) is 0 Å². The first-order chi connectivity index (χ1) is 11.6. The van der Waals surface area contributed by atoms with Gasteiger partial charge >= 0.3 is 0 Å². The van der Waals surface area contributed by atoms with Crippen LogP contribution < -0.4 is 0 Å². The van der Waals surface area contributed by atoms with Gasteiger partial charge in [-0.1, -0.05) is 13.8 Å². The quantitative estimate of drug-likeness (QED) is 0.754. The maximum absolute atomic E-state index is 13.4. The summed E-state index contributed by atoms with van der Waals surface area (Å²) in [6.45, 7) is 8.51. The van der Waals surface area contributed by atoms with Crippen LogP contribution in [0.1, 0.15) is 79.1 Å². The molecule has 0 aromatic rings. The molecule has 4 saturated carbocycles. The fraction of sp³-hybridized carbons (Fsp3) is 0.955. The van der Waals surface area contributed by atoms with Crippen molar-refractivity contribution < 1.29 is 15.0 Å². The van der Waals surface area contributed by atoms with Crippen molar-refractivity contribution in [2.75, 3.05) is 0 Å². The van der Waals surface area contributed by atoms with E-state index in [9.17, 15) is 15.0 Å². The minimum Gasteiger partial charge on any atom is -0.393 e. The maximum Gasteiger partial charge on any atom is 0.137 e. The SMILES string of the molecule is CC(C)(O)[C@H]1CC[C@H]2[C@@H]3CC[C@H]4C[C@H](O)CC[C@]4(C)[C@H]3C(=O)C[C@]12C. The zero-order chi connectivity index (χ0) is 18.2. The summed E-state index contributed by atoms with van der Waals surface area (Å²) in [5.41, 5.74) is -0.645. The molecule has 0 amide bonds. The molecule has 3 nitrogen and oxygen atoms in total. The summed E-state index contributed by atoms with van der Waals surface area (Å²) in [6.07, 6.45) is 7.78. The second-order valence-electron chi connectivity index (χ2n) is 10.9. The highest BCUT2D eigenvalue weighted by Gasteiger charge is 2.64. The number of aliphatic hydroxyl groups is 2. The highest BCUT2D eigenvalue weighted by molar-refractivity contribution is 5.84. The first kappa shape index (κ1) is 18.0. The summed E-state index contributed by atoms with van der Waals surface area (Å²) in [6, 6.07) is 0. The Kier molecular flexibility index (Phi) is 3.99. The second kappa shape index (κ2) is 5.55. The number of carbonyl (C=O) groups is 1. The molecular formula is C22H36O3. The van der Waals surface area contributed by atoms with Crippen LogP contribution in [0.2, 0.25) is 0 Å². The van der Waals surface area contributed by atoms with Crippen LogP contribution in [0, 0.1) is 40.4 Å². The van der Waals surface area contributed by atoms with Gasteiger partial charge in [0.05, 0.1) is 11.7 Å². The summed E-state index contributed by atoms with van der Waals surface area (Å²) >= 11 is 0. The van der Waals surface area contributed by atoms with Crippen molar-refractivity contribution >= 4 is 5.78 Å². The Labute approximate surface area is 152 Å². The number of rotatable bonds is 1. The third-order valence-electron chi connectivity index (χ3n) is 9.17. The summed E-state index contributed by atoms with van der Waals surface area (Å²) in [5, 5.41) is 20.9. The van der Waals surface area contributed by atoms with Gasteiger partial charge in [-0.05, 0) is 93.3 Å². The van der Waals surface area contributed by atoms with Crippen molar-refractivity contribution in [2.45, 2.75) is 90.8 Å². The van der Waals surface area contributed by atoms with E-state index in [4.69, 9.17) is 0 Å². The molecule has 25 heavy (non-hydrogen) atoms. The normalized spacial score (nSPS) is 53.1. The predicted molar refractivity (Wildman–Crippen MR) is 97.9 cm³/mol. The van der Waals surface area contributed by atoms with Crippen molar-refractivity contribution in [1.29, 1.82) is 0 Å². The van der Waals surface area contributed by atoms with Gasteiger partial charge in [-0.3, -0.25) is 4.79 Å². The largest absolute Gasteiger partial charge is 0.393 e. The van der Waals surface area contributed by atoms with Gasteiger partial charge < -0.3 is 10.2 Å². The van der Waals surface area contributed by atoms with Crippen LogP contribution in [-0.2, 0) is 4.79 Å². The number of ketones is 1. The summed E-state index contributed by atoms with van der Waals surface area (Å²) < 4.78 is 0. The molecule has 4 aliphatic rings. The van der Waals surface area contributed by atoms with Crippen molar-refractivity contribution in [3.8, 4) is 0 Å². The molecule has 0 bridgehead atoms. The van der Waals surface area contributed by atoms with Gasteiger partial charge in [0, 0.05) is 12.3 Å². The van der Waals surface area contributed by atoms with Crippen molar-refractivity contribution in [3.05, 3.63) is 0 Å². The standard InChI is InChI=1S/C22H36O3/c1-20(2,25)18-8-7-16-15-6-5-13-11-14(23)9-10-21(13,3)19(15)17(24)12-22(16,18)4/h13-16,18-19,23,25H,5-12H2,1-4H3/t13-,14+,15-,16-,18+,19+,21-,22-/m0/s1. The van der Waals surface area contributed by atoms with E-state index in [0.29, 0.717) is 30.0 Å². The third kappa shape index (κ3) is 2.48. The third-order valence-corrected chi connectivity index (χ3v) is 9.17. The summed E-state index contributed by atoms with van der Waals surface area (Å²) in [5.74, 6) is 2.47. The molecule has 4 rings (SSSR count). The molecule has 2 N–H and O–H groups in total. The van der Waals surface area contributed by atoms with Crippen LogP contribution in [0.25, 0.3) is 0 Å². The molecule has 4 aliphatic carbocycles. The maximum atomic E-state index is 13.4. The Morgan fingerprint density at radius 1 is 1.04 bits per heavy atom. The Bertz CT molecular complexity index is 564. The van der Waals surface area contributed by atoms with E-state index in [1.807, 2.05) is 13.8 Å². The van der Waals surface area contributed by atoms with E-state index in [-0.39, 0.29) is 28.8 Å². The Balaban J connectivity index is 1.68. The fourth-order valence-electron chi connectivity index (χ4n) is 8.21. The number of Topliss-reactive ketones (excluding diaryl/α,β-unsaturated/α-hetero) is 1. The topological polar surface area (TPSA) is 57.5 Å². The molecule has 0 radical (unpaired) electrons. The van der Waals surface area contributed by atoms with E-state index in [1.54, 1.807) is 0 Å². The highest BCUT2D eigenvalue weighted by Crippen LogP contribution is 2.67. The van der Waals surface area contributed by atoms with Crippen molar-refractivity contribution in [1.82, 2.24) is 0 Å². The van der Waals surface area contributed by atoms with Gasteiger partial charge in [-0.25, -0.2) is 0 Å². The zero-order valence-corrected chi connectivity index (χ0v) is 16.4. The molecule has 3 heteroatoms. The van der Waals surface area contributed by atoms with E-state index in [2.05, 4.69) is 13.8 Å². The molecule has 4 fully saturated rings. The van der Waals surface area contributed by atoms with Gasteiger partial charge in [-0.2, -0.15) is 0 Å². The predicted octanol–water partition coefficient (Wildman–Crippen LogP) is 3.96. The van der Waals surface area contributed by atoms with Crippen LogP contribution >= 0.6 is 0 Å². The van der Waals surface area contributed by atoms with E-state index in [1.165, 1.54) is 12.8 Å². The van der Waals surface area contributed by atoms with Gasteiger partial charge in [0.2, 0.25) is 0 Å². The minimum absolute atomic E-state index is 0.0339. The van der Waals surface area contributed by atoms with Crippen LogP contribution in [0.15, 0.2) is 0 Å². The molecule has 0 saturated heterocycles. The first-order valence-corrected chi connectivity index (χ1v) is 10.5. The number of hydrogen-bond acceptors (Lipinski definition) is 3. The number of hydrogen-bond donors (Lipinski definition) is 2. The average molecular weight is 349 g/mol. The van der Waals surface area contributed by atoms with E-state index >= 15 is 0 Å². The van der Waals surface area contributed by atoms with Crippen LogP contribution in [-0.4, -0.2) is 27.7 Å². The van der Waals surface area contributed by atoms with Crippen LogP contribution in [0.3, 0.4) is 0 Å². The Morgan fingerprint density at radius 2 is 1.76 bits per heavy atom. The molecule has 0 spiro atoms. The Morgan fingerprint density at radius 3 is 2.44 bits per heavy atom. The summed E-state index contributed by atoms with van der Waals surface area (Å²) in [7, 11) is 0. The molecule has 8 atom stereocenters.